The molecule has 7 heteroatoms. The Morgan fingerprint density at radius 3 is 2.56 bits per heavy atom. The Labute approximate surface area is 187 Å². The number of carbonyl (C=O) groups excluding carboxylic acids is 3. The van der Waals surface area contributed by atoms with Crippen LogP contribution in [-0.4, -0.2) is 46.7 Å². The number of imide groups is 1. The first-order valence-corrected chi connectivity index (χ1v) is 11.3. The molecule has 3 aliphatic heterocycles. The fourth-order valence-electron chi connectivity index (χ4n) is 5.22. The summed E-state index contributed by atoms with van der Waals surface area (Å²) in [7, 11) is 0. The van der Waals surface area contributed by atoms with Gasteiger partial charge >= 0.3 is 0 Å². The molecule has 0 aromatic heterocycles. The van der Waals surface area contributed by atoms with Crippen LogP contribution in [0.4, 0.5) is 5.69 Å². The van der Waals surface area contributed by atoms with Gasteiger partial charge in [0.1, 0.15) is 6.04 Å². The van der Waals surface area contributed by atoms with Crippen molar-refractivity contribution in [2.75, 3.05) is 18.8 Å². The molecule has 0 saturated carbocycles. The number of piperidine rings is 2. The highest BCUT2D eigenvalue weighted by Crippen LogP contribution is 2.31. The Hall–Kier alpha value is -3.19. The smallest absolute Gasteiger partial charge is 0.255 e. The Bertz CT molecular complexity index is 1070. The van der Waals surface area contributed by atoms with E-state index < -0.39 is 6.04 Å². The number of amides is 3. The molecule has 32 heavy (non-hydrogen) atoms. The fraction of sp³-hybridized carbons (Fsp3) is 0.400. The van der Waals surface area contributed by atoms with E-state index in [0.717, 1.165) is 43.7 Å². The van der Waals surface area contributed by atoms with Gasteiger partial charge in [0.05, 0.1) is 0 Å². The summed E-state index contributed by atoms with van der Waals surface area (Å²) in [6.45, 7) is 3.32. The summed E-state index contributed by atoms with van der Waals surface area (Å²) >= 11 is 0. The summed E-state index contributed by atoms with van der Waals surface area (Å²) in [5.41, 5.74) is 10.9. The lowest BCUT2D eigenvalue weighted by Gasteiger charge is -2.32. The summed E-state index contributed by atoms with van der Waals surface area (Å²) in [6.07, 6.45) is 2.87. The van der Waals surface area contributed by atoms with Crippen LogP contribution in [0.15, 0.2) is 42.5 Å². The number of fused-ring (bicyclic) bond motifs is 1. The number of hydrogen-bond donors (Lipinski definition) is 2. The van der Waals surface area contributed by atoms with E-state index >= 15 is 0 Å². The summed E-state index contributed by atoms with van der Waals surface area (Å²) in [5.74, 6) is -0.207. The van der Waals surface area contributed by atoms with Gasteiger partial charge in [-0.3, -0.25) is 24.6 Å². The second kappa shape index (κ2) is 8.39. The number of benzene rings is 2. The van der Waals surface area contributed by atoms with Crippen LogP contribution in [0, 0.1) is 0 Å². The van der Waals surface area contributed by atoms with Gasteiger partial charge in [-0.25, -0.2) is 0 Å². The predicted molar refractivity (Wildman–Crippen MR) is 121 cm³/mol. The zero-order chi connectivity index (χ0) is 22.2. The fourth-order valence-corrected chi connectivity index (χ4v) is 5.22. The molecular weight excluding hydrogens is 404 g/mol. The van der Waals surface area contributed by atoms with E-state index in [2.05, 4.69) is 28.4 Å². The molecule has 1 unspecified atom stereocenters. The number of nitrogens with one attached hydrogen (secondary N) is 1. The molecule has 0 aliphatic carbocycles. The van der Waals surface area contributed by atoms with Crippen LogP contribution < -0.4 is 11.1 Å². The zero-order valence-electron chi connectivity index (χ0n) is 18.0. The van der Waals surface area contributed by atoms with Crippen LogP contribution in [0.3, 0.4) is 0 Å². The molecule has 7 nitrogen and oxygen atoms in total. The van der Waals surface area contributed by atoms with Crippen molar-refractivity contribution in [1.29, 1.82) is 0 Å². The highest BCUT2D eigenvalue weighted by molar-refractivity contribution is 6.05. The van der Waals surface area contributed by atoms with Crippen molar-refractivity contribution in [3.63, 3.8) is 0 Å². The first kappa shape index (κ1) is 20.7. The van der Waals surface area contributed by atoms with Gasteiger partial charge in [-0.15, -0.1) is 0 Å². The van der Waals surface area contributed by atoms with Crippen molar-refractivity contribution < 1.29 is 14.4 Å². The molecule has 2 aromatic rings. The molecule has 0 spiro atoms. The van der Waals surface area contributed by atoms with E-state index in [1.54, 1.807) is 4.90 Å². The van der Waals surface area contributed by atoms with Crippen LogP contribution >= 0.6 is 0 Å². The maximum atomic E-state index is 12.9. The molecule has 3 heterocycles. The molecular formula is C25H28N4O3. The van der Waals surface area contributed by atoms with Gasteiger partial charge in [0.2, 0.25) is 11.8 Å². The van der Waals surface area contributed by atoms with Gasteiger partial charge in [-0.05, 0) is 73.2 Å². The first-order valence-electron chi connectivity index (χ1n) is 11.3. The monoisotopic (exact) mass is 432 g/mol. The van der Waals surface area contributed by atoms with Crippen LogP contribution in [-0.2, 0) is 22.7 Å². The number of likely N-dealkylation sites (tertiary alicyclic amines) is 1. The predicted octanol–water partition coefficient (Wildman–Crippen LogP) is 2.41. The first-order chi connectivity index (χ1) is 15.5. The third-order valence-corrected chi connectivity index (χ3v) is 6.96. The molecule has 3 aliphatic rings. The number of rotatable bonds is 4. The number of nitrogen functional groups attached to an aromatic ring is 1. The molecule has 3 N–H and O–H groups in total. The van der Waals surface area contributed by atoms with E-state index in [1.165, 1.54) is 11.1 Å². The van der Waals surface area contributed by atoms with Crippen molar-refractivity contribution in [3.05, 3.63) is 64.7 Å². The number of nitrogens with two attached hydrogens (primary N) is 1. The van der Waals surface area contributed by atoms with Crippen LogP contribution in [0.25, 0.3) is 0 Å². The summed E-state index contributed by atoms with van der Waals surface area (Å²) in [5, 5.41) is 2.35. The summed E-state index contributed by atoms with van der Waals surface area (Å²) in [4.78, 5) is 40.6. The molecule has 1 atom stereocenters. The quantitative estimate of drug-likeness (QED) is 0.571. The van der Waals surface area contributed by atoms with Crippen LogP contribution in [0.2, 0.25) is 0 Å². The summed E-state index contributed by atoms with van der Waals surface area (Å²) in [6, 6.07) is 13.7. The molecule has 2 saturated heterocycles. The number of hydrogen-bond acceptors (Lipinski definition) is 5. The van der Waals surface area contributed by atoms with Crippen molar-refractivity contribution in [3.8, 4) is 0 Å². The molecule has 0 radical (unpaired) electrons. The van der Waals surface area contributed by atoms with E-state index in [1.807, 2.05) is 24.3 Å². The Morgan fingerprint density at radius 1 is 1.00 bits per heavy atom. The van der Waals surface area contributed by atoms with E-state index in [4.69, 9.17) is 5.73 Å². The van der Waals surface area contributed by atoms with Gasteiger partial charge in [-0.1, -0.05) is 24.3 Å². The van der Waals surface area contributed by atoms with Crippen molar-refractivity contribution in [2.24, 2.45) is 0 Å². The average molecular weight is 433 g/mol. The number of anilines is 1. The molecule has 166 valence electrons. The third-order valence-electron chi connectivity index (χ3n) is 6.96. The summed E-state index contributed by atoms with van der Waals surface area (Å²) < 4.78 is 0. The van der Waals surface area contributed by atoms with E-state index in [9.17, 15) is 14.4 Å². The second-order valence-electron chi connectivity index (χ2n) is 9.11. The molecule has 2 fully saturated rings. The highest BCUT2D eigenvalue weighted by Gasteiger charge is 2.39. The van der Waals surface area contributed by atoms with Gasteiger partial charge in [0.15, 0.2) is 0 Å². The minimum atomic E-state index is -0.567. The van der Waals surface area contributed by atoms with Gasteiger partial charge in [0, 0.05) is 30.8 Å². The maximum Gasteiger partial charge on any atom is 0.255 e. The lowest BCUT2D eigenvalue weighted by Crippen LogP contribution is -2.52. The lowest BCUT2D eigenvalue weighted by atomic mass is 9.89. The third kappa shape index (κ3) is 4.00. The average Bonchev–Trinajstić information content (AvgIpc) is 3.10. The van der Waals surface area contributed by atoms with Crippen molar-refractivity contribution >= 4 is 23.4 Å². The second-order valence-corrected chi connectivity index (χ2v) is 9.11. The van der Waals surface area contributed by atoms with Gasteiger partial charge in [0.25, 0.3) is 5.91 Å². The Balaban J connectivity index is 1.21. The minimum absolute atomic E-state index is 0.121. The van der Waals surface area contributed by atoms with E-state index in [-0.39, 0.29) is 24.1 Å². The maximum absolute atomic E-state index is 12.9. The zero-order valence-corrected chi connectivity index (χ0v) is 18.0. The SMILES string of the molecule is Nc1cccc(C2CCN(Cc3ccc4c(c3)CN(C3CCC(=O)NC3=O)C4=O)CC2)c1. The van der Waals surface area contributed by atoms with Gasteiger partial charge < -0.3 is 10.6 Å². The molecule has 3 amide bonds. The van der Waals surface area contributed by atoms with Crippen molar-refractivity contribution in [1.82, 2.24) is 15.1 Å². The standard InChI is InChI=1S/C25H28N4O3/c26-20-3-1-2-18(13-20)17-8-10-28(11-9-17)14-16-4-5-21-19(12-16)15-29(25(21)32)22-6-7-23(30)27-24(22)31/h1-5,12-13,17,22H,6-11,14-15,26H2,(H,27,30,31). The highest BCUT2D eigenvalue weighted by atomic mass is 16.2. The van der Waals surface area contributed by atoms with Crippen LogP contribution in [0.1, 0.15) is 58.6 Å². The number of carbonyl (C=O) groups is 3. The minimum Gasteiger partial charge on any atom is -0.399 e. The Kier molecular flexibility index (Phi) is 5.43. The topological polar surface area (TPSA) is 95.7 Å². The Morgan fingerprint density at radius 2 is 1.81 bits per heavy atom. The van der Waals surface area contributed by atoms with E-state index in [0.29, 0.717) is 24.4 Å². The molecule has 5 rings (SSSR count). The molecule has 0 bridgehead atoms. The van der Waals surface area contributed by atoms with Gasteiger partial charge in [-0.2, -0.15) is 0 Å². The lowest BCUT2D eigenvalue weighted by molar-refractivity contribution is -0.136. The van der Waals surface area contributed by atoms with Crippen molar-refractivity contribution in [2.45, 2.75) is 50.7 Å². The van der Waals surface area contributed by atoms with Crippen LogP contribution in [0.5, 0.6) is 0 Å². The normalized spacial score (nSPS) is 22.2. The largest absolute Gasteiger partial charge is 0.399 e. The molecule has 2 aromatic carbocycles. The number of nitrogens with zero attached hydrogens (tertiary/aromatic N) is 2.